The fourth-order valence-corrected chi connectivity index (χ4v) is 4.60. The number of amides is 2. The first-order chi connectivity index (χ1) is 18.1. The average Bonchev–Trinajstić information content (AvgIpc) is 2.88. The van der Waals surface area contributed by atoms with E-state index in [9.17, 15) is 19.6 Å². The Bertz CT molecular complexity index is 1360. The van der Waals surface area contributed by atoms with Crippen molar-refractivity contribution >= 4 is 17.8 Å². The summed E-state index contributed by atoms with van der Waals surface area (Å²) in [5.41, 5.74) is 9.77. The number of aromatic nitrogens is 1. The van der Waals surface area contributed by atoms with Crippen molar-refractivity contribution in [3.8, 4) is 11.1 Å². The maximum Gasteiger partial charge on any atom is 0.335 e. The zero-order valence-corrected chi connectivity index (χ0v) is 21.2. The zero-order chi connectivity index (χ0) is 27.4. The highest BCUT2D eigenvalue weighted by atomic mass is 16.5. The molecule has 0 saturated carbocycles. The molecule has 1 saturated heterocycles. The Morgan fingerprint density at radius 2 is 1.87 bits per heavy atom. The van der Waals surface area contributed by atoms with Crippen LogP contribution in [0.25, 0.3) is 11.1 Å². The van der Waals surface area contributed by atoms with Crippen molar-refractivity contribution in [2.24, 2.45) is 5.73 Å². The van der Waals surface area contributed by atoms with E-state index in [1.165, 1.54) is 24.5 Å². The Kier molecular flexibility index (Phi) is 8.04. The number of pyridine rings is 1. The van der Waals surface area contributed by atoms with Gasteiger partial charge in [0.25, 0.3) is 0 Å². The minimum Gasteiger partial charge on any atom is -0.619 e. The lowest BCUT2D eigenvalue weighted by atomic mass is 9.98. The van der Waals surface area contributed by atoms with Crippen LogP contribution in [0.4, 0.5) is 0 Å². The number of benzene rings is 2. The number of carbonyl (C=O) groups excluding carboxylic acids is 2. The van der Waals surface area contributed by atoms with E-state index in [-0.39, 0.29) is 24.1 Å². The molecule has 38 heavy (non-hydrogen) atoms. The Labute approximate surface area is 220 Å². The van der Waals surface area contributed by atoms with E-state index >= 15 is 0 Å². The molecular formula is C28H30N4O6. The molecular weight excluding hydrogens is 488 g/mol. The highest BCUT2D eigenvalue weighted by Gasteiger charge is 2.31. The Balaban J connectivity index is 1.50. The number of primary amides is 1. The molecule has 2 atom stereocenters. The van der Waals surface area contributed by atoms with Crippen molar-refractivity contribution in [1.82, 2.24) is 10.2 Å². The van der Waals surface area contributed by atoms with Gasteiger partial charge in [-0.3, -0.25) is 14.5 Å². The fraction of sp³-hybridized carbons (Fsp3) is 0.286. The smallest absolute Gasteiger partial charge is 0.335 e. The molecule has 0 bridgehead atoms. The lowest BCUT2D eigenvalue weighted by Gasteiger charge is -2.35. The van der Waals surface area contributed by atoms with E-state index in [1.54, 1.807) is 30.3 Å². The minimum atomic E-state index is -1.01. The van der Waals surface area contributed by atoms with Gasteiger partial charge in [-0.05, 0) is 60.9 Å². The van der Waals surface area contributed by atoms with E-state index in [1.807, 2.05) is 24.8 Å². The van der Waals surface area contributed by atoms with Gasteiger partial charge in [-0.25, -0.2) is 4.79 Å². The van der Waals surface area contributed by atoms with Crippen molar-refractivity contribution in [2.45, 2.75) is 32.5 Å². The summed E-state index contributed by atoms with van der Waals surface area (Å²) in [5.74, 6) is -1.75. The molecule has 0 radical (unpaired) electrons. The average molecular weight is 519 g/mol. The van der Waals surface area contributed by atoms with Crippen LogP contribution in [0.5, 0.6) is 0 Å². The largest absolute Gasteiger partial charge is 0.619 e. The summed E-state index contributed by atoms with van der Waals surface area (Å²) in [5, 5.41) is 24.6. The first-order valence-corrected chi connectivity index (χ1v) is 12.2. The number of carbonyl (C=O) groups is 3. The van der Waals surface area contributed by atoms with Gasteiger partial charge in [-0.2, -0.15) is 4.73 Å². The summed E-state index contributed by atoms with van der Waals surface area (Å²) in [6.07, 6.45) is 2.95. The predicted molar refractivity (Wildman–Crippen MR) is 139 cm³/mol. The van der Waals surface area contributed by atoms with Gasteiger partial charge in [0.15, 0.2) is 12.4 Å². The Morgan fingerprint density at radius 3 is 2.53 bits per heavy atom. The van der Waals surface area contributed by atoms with Gasteiger partial charge in [-0.15, -0.1) is 0 Å². The molecule has 0 aliphatic carbocycles. The van der Waals surface area contributed by atoms with Gasteiger partial charge in [0, 0.05) is 29.8 Å². The van der Waals surface area contributed by atoms with Crippen LogP contribution in [-0.4, -0.2) is 53.6 Å². The molecule has 4 rings (SSSR count). The van der Waals surface area contributed by atoms with Crippen molar-refractivity contribution in [3.05, 3.63) is 93.9 Å². The van der Waals surface area contributed by atoms with Gasteiger partial charge in [0.2, 0.25) is 11.8 Å². The summed E-state index contributed by atoms with van der Waals surface area (Å²) in [4.78, 5) is 37.8. The predicted octanol–water partition coefficient (Wildman–Crippen LogP) is 2.17. The number of hydrogen-bond acceptors (Lipinski definition) is 6. The van der Waals surface area contributed by atoms with Crippen LogP contribution in [0, 0.1) is 12.1 Å². The SMILES string of the molecule is Cc1cc(C(N)=O)ccc1-c1cc(CN2CCOC[C@@H]2C(=O)N[C@@H](C)c2ccc(C(=O)O)cc2)c[n+]([O-])c1. The molecule has 1 fully saturated rings. The number of rotatable bonds is 8. The number of hydrogen-bond donors (Lipinski definition) is 3. The molecule has 4 N–H and O–H groups in total. The molecule has 10 heteroatoms. The number of morpholine rings is 1. The van der Waals surface area contributed by atoms with Crippen LogP contribution in [0.3, 0.4) is 0 Å². The highest BCUT2D eigenvalue weighted by Crippen LogP contribution is 2.25. The number of aromatic carboxylic acids is 1. The van der Waals surface area contributed by atoms with E-state index in [0.717, 1.165) is 27.0 Å². The topological polar surface area (TPSA) is 149 Å². The third-order valence-electron chi connectivity index (χ3n) is 6.67. The van der Waals surface area contributed by atoms with Crippen molar-refractivity contribution in [2.75, 3.05) is 19.8 Å². The van der Waals surface area contributed by atoms with Gasteiger partial charge < -0.3 is 26.1 Å². The summed E-state index contributed by atoms with van der Waals surface area (Å²) in [7, 11) is 0. The first kappa shape index (κ1) is 26.8. The normalized spacial score (nSPS) is 16.5. The quantitative estimate of drug-likeness (QED) is 0.306. The van der Waals surface area contributed by atoms with Crippen LogP contribution >= 0.6 is 0 Å². The molecule has 1 aliphatic heterocycles. The van der Waals surface area contributed by atoms with Crippen LogP contribution in [0.2, 0.25) is 0 Å². The Hall–Kier alpha value is -4.28. The van der Waals surface area contributed by atoms with E-state index in [2.05, 4.69) is 5.32 Å². The summed E-state index contributed by atoms with van der Waals surface area (Å²) in [6.45, 7) is 5.22. The molecule has 0 unspecified atom stereocenters. The maximum absolute atomic E-state index is 13.2. The number of nitrogens with zero attached hydrogens (tertiary/aromatic N) is 2. The number of nitrogens with two attached hydrogens (primary N) is 1. The molecule has 198 valence electrons. The minimum absolute atomic E-state index is 0.177. The maximum atomic E-state index is 13.2. The summed E-state index contributed by atoms with van der Waals surface area (Å²) < 4.78 is 6.33. The Morgan fingerprint density at radius 1 is 1.16 bits per heavy atom. The molecule has 2 heterocycles. The standard InChI is InChI=1S/C28H30N4O6/c1-17-11-22(26(29)33)7-8-24(17)23-12-19(14-32(37)15-23)13-31-9-10-38-16-25(31)27(34)30-18(2)20-3-5-21(6-4-20)28(35)36/h3-8,11-12,14-15,18,25H,9-10,13,16H2,1-2H3,(H2,29,33)(H,30,34)(H,35,36)/t18-,25+/m0/s1. The van der Waals surface area contributed by atoms with E-state index < -0.39 is 17.9 Å². The summed E-state index contributed by atoms with van der Waals surface area (Å²) >= 11 is 0. The second-order valence-electron chi connectivity index (χ2n) is 9.41. The third-order valence-corrected chi connectivity index (χ3v) is 6.67. The molecule has 10 nitrogen and oxygen atoms in total. The lowest BCUT2D eigenvalue weighted by Crippen LogP contribution is -2.53. The first-order valence-electron chi connectivity index (χ1n) is 12.2. The van der Waals surface area contributed by atoms with Crippen LogP contribution in [0.15, 0.2) is 60.9 Å². The molecule has 2 amide bonds. The van der Waals surface area contributed by atoms with E-state index in [0.29, 0.717) is 30.8 Å². The van der Waals surface area contributed by atoms with Crippen molar-refractivity contribution < 1.29 is 29.0 Å². The van der Waals surface area contributed by atoms with E-state index in [4.69, 9.17) is 15.6 Å². The fourth-order valence-electron chi connectivity index (χ4n) is 4.60. The molecule has 3 aromatic rings. The number of nitrogens with one attached hydrogen (secondary N) is 1. The zero-order valence-electron chi connectivity index (χ0n) is 21.2. The third kappa shape index (κ3) is 6.16. The van der Waals surface area contributed by atoms with Gasteiger partial charge in [0.05, 0.1) is 24.8 Å². The van der Waals surface area contributed by atoms with Crippen LogP contribution in [0.1, 0.15) is 50.4 Å². The van der Waals surface area contributed by atoms with Crippen LogP contribution < -0.4 is 15.8 Å². The van der Waals surface area contributed by atoms with Crippen LogP contribution in [-0.2, 0) is 16.1 Å². The second-order valence-corrected chi connectivity index (χ2v) is 9.41. The van der Waals surface area contributed by atoms with Gasteiger partial charge in [0.1, 0.15) is 6.04 Å². The monoisotopic (exact) mass is 518 g/mol. The molecule has 0 spiro atoms. The second kappa shape index (κ2) is 11.4. The lowest BCUT2D eigenvalue weighted by molar-refractivity contribution is -0.605. The highest BCUT2D eigenvalue weighted by molar-refractivity contribution is 5.93. The van der Waals surface area contributed by atoms with Crippen molar-refractivity contribution in [3.63, 3.8) is 0 Å². The number of aryl methyl sites for hydroxylation is 1. The molecule has 2 aromatic carbocycles. The number of carboxylic acid groups (broad SMARTS) is 1. The van der Waals surface area contributed by atoms with Crippen molar-refractivity contribution in [1.29, 1.82) is 0 Å². The molecule has 1 aromatic heterocycles. The number of carboxylic acids is 1. The van der Waals surface area contributed by atoms with Gasteiger partial charge >= 0.3 is 5.97 Å². The van der Waals surface area contributed by atoms with Gasteiger partial charge in [-0.1, -0.05) is 18.2 Å². The molecule has 1 aliphatic rings. The number of ether oxygens (including phenoxy) is 1. The summed E-state index contributed by atoms with van der Waals surface area (Å²) in [6, 6.07) is 12.5.